The first-order valence-corrected chi connectivity index (χ1v) is 6.99. The first-order chi connectivity index (χ1) is 8.13. The zero-order valence-corrected chi connectivity index (χ0v) is 11.2. The fraction of sp³-hybridized carbons (Fsp3) is 0.462. The van der Waals surface area contributed by atoms with Crippen LogP contribution in [0.4, 0.5) is 5.69 Å². The van der Waals surface area contributed by atoms with Crippen molar-refractivity contribution in [2.24, 2.45) is 5.73 Å². The van der Waals surface area contributed by atoms with Gasteiger partial charge in [-0.05, 0) is 37.0 Å². The van der Waals surface area contributed by atoms with Crippen LogP contribution in [0.5, 0.6) is 0 Å². The van der Waals surface area contributed by atoms with Gasteiger partial charge >= 0.3 is 0 Å². The first-order valence-electron chi connectivity index (χ1n) is 5.83. The minimum Gasteiger partial charge on any atom is -0.374 e. The van der Waals surface area contributed by atoms with Crippen molar-refractivity contribution in [3.05, 3.63) is 29.8 Å². The van der Waals surface area contributed by atoms with Crippen molar-refractivity contribution >= 4 is 23.4 Å². The fourth-order valence-corrected chi connectivity index (χ4v) is 2.17. The first kappa shape index (κ1) is 13.9. The Kier molecular flexibility index (Phi) is 5.91. The number of benzene rings is 1. The number of amides is 1. The lowest BCUT2D eigenvalue weighted by Gasteiger charge is -2.16. The lowest BCUT2D eigenvalue weighted by atomic mass is 10.2. The highest BCUT2D eigenvalue weighted by Crippen LogP contribution is 2.13. The van der Waals surface area contributed by atoms with Gasteiger partial charge in [0, 0.05) is 5.69 Å². The van der Waals surface area contributed by atoms with E-state index < -0.39 is 0 Å². The molecule has 0 aliphatic rings. The minimum atomic E-state index is -0.290. The third-order valence-corrected chi connectivity index (χ3v) is 3.42. The summed E-state index contributed by atoms with van der Waals surface area (Å²) in [6.45, 7) is 4.14. The van der Waals surface area contributed by atoms with Crippen LogP contribution in [0.25, 0.3) is 0 Å². The SMILES string of the molecule is CCSCCC(Nc1ccc(C)cc1)C(N)=O. The summed E-state index contributed by atoms with van der Waals surface area (Å²) in [5.41, 5.74) is 7.53. The number of primary amides is 1. The summed E-state index contributed by atoms with van der Waals surface area (Å²) < 4.78 is 0. The van der Waals surface area contributed by atoms with Gasteiger partial charge in [0.05, 0.1) is 0 Å². The van der Waals surface area contributed by atoms with Crippen LogP contribution in [0.3, 0.4) is 0 Å². The number of nitrogens with two attached hydrogens (primary N) is 1. The van der Waals surface area contributed by atoms with Crippen LogP contribution in [0, 0.1) is 6.92 Å². The van der Waals surface area contributed by atoms with Crippen LogP contribution >= 0.6 is 11.8 Å². The van der Waals surface area contributed by atoms with Crippen molar-refractivity contribution in [3.63, 3.8) is 0 Å². The number of aryl methyl sites for hydroxylation is 1. The smallest absolute Gasteiger partial charge is 0.239 e. The number of nitrogens with one attached hydrogen (secondary N) is 1. The maximum Gasteiger partial charge on any atom is 0.239 e. The van der Waals surface area contributed by atoms with Gasteiger partial charge in [-0.1, -0.05) is 24.6 Å². The van der Waals surface area contributed by atoms with E-state index in [1.165, 1.54) is 5.56 Å². The van der Waals surface area contributed by atoms with Gasteiger partial charge < -0.3 is 11.1 Å². The zero-order chi connectivity index (χ0) is 12.7. The molecule has 1 atom stereocenters. The molecule has 1 aromatic rings. The van der Waals surface area contributed by atoms with Gasteiger partial charge in [-0.2, -0.15) is 11.8 Å². The van der Waals surface area contributed by atoms with Gasteiger partial charge in [0.15, 0.2) is 0 Å². The van der Waals surface area contributed by atoms with E-state index in [9.17, 15) is 4.79 Å². The average molecular weight is 252 g/mol. The highest BCUT2D eigenvalue weighted by Gasteiger charge is 2.14. The van der Waals surface area contributed by atoms with Gasteiger partial charge in [-0.15, -0.1) is 0 Å². The Labute approximate surface area is 107 Å². The maximum atomic E-state index is 11.3. The third kappa shape index (κ3) is 5.13. The molecule has 0 aliphatic carbocycles. The Balaban J connectivity index is 2.54. The molecule has 0 spiro atoms. The van der Waals surface area contributed by atoms with Crippen LogP contribution in [-0.4, -0.2) is 23.5 Å². The number of rotatable bonds is 7. The van der Waals surface area contributed by atoms with Crippen molar-refractivity contribution in [1.29, 1.82) is 0 Å². The van der Waals surface area contributed by atoms with E-state index in [0.29, 0.717) is 0 Å². The molecule has 17 heavy (non-hydrogen) atoms. The minimum absolute atomic E-state index is 0.281. The van der Waals surface area contributed by atoms with Crippen molar-refractivity contribution in [3.8, 4) is 0 Å². The Morgan fingerprint density at radius 1 is 1.41 bits per heavy atom. The zero-order valence-electron chi connectivity index (χ0n) is 10.4. The number of hydrogen-bond donors (Lipinski definition) is 2. The predicted molar refractivity (Wildman–Crippen MR) is 75.4 cm³/mol. The van der Waals surface area contributed by atoms with Crippen molar-refractivity contribution in [1.82, 2.24) is 0 Å². The topological polar surface area (TPSA) is 55.1 Å². The standard InChI is InChI=1S/C13H20N2OS/c1-3-17-9-8-12(13(14)16)15-11-6-4-10(2)5-7-11/h4-7,12,15H,3,8-9H2,1-2H3,(H2,14,16). The van der Waals surface area contributed by atoms with Gasteiger partial charge in [0.2, 0.25) is 5.91 Å². The molecule has 4 heteroatoms. The molecule has 3 N–H and O–H groups in total. The summed E-state index contributed by atoms with van der Waals surface area (Å²) in [4.78, 5) is 11.3. The lowest BCUT2D eigenvalue weighted by Crippen LogP contribution is -2.35. The molecule has 0 saturated heterocycles. The number of thioether (sulfide) groups is 1. The fourth-order valence-electron chi connectivity index (χ4n) is 1.48. The number of carbonyl (C=O) groups is 1. The molecule has 0 bridgehead atoms. The average Bonchev–Trinajstić information content (AvgIpc) is 2.30. The van der Waals surface area contributed by atoms with Gasteiger partial charge in [-0.25, -0.2) is 0 Å². The second-order valence-electron chi connectivity index (χ2n) is 3.95. The largest absolute Gasteiger partial charge is 0.374 e. The summed E-state index contributed by atoms with van der Waals surface area (Å²) in [6, 6.07) is 7.69. The lowest BCUT2D eigenvalue weighted by molar-refractivity contribution is -0.118. The Bertz CT molecular complexity index is 351. The molecular formula is C13H20N2OS. The van der Waals surface area contributed by atoms with E-state index in [0.717, 1.165) is 23.6 Å². The summed E-state index contributed by atoms with van der Waals surface area (Å²) >= 11 is 1.82. The third-order valence-electron chi connectivity index (χ3n) is 2.49. The molecule has 94 valence electrons. The van der Waals surface area contributed by atoms with Crippen molar-refractivity contribution < 1.29 is 4.79 Å². The molecule has 0 aromatic heterocycles. The van der Waals surface area contributed by atoms with Crippen LogP contribution < -0.4 is 11.1 Å². The highest BCUT2D eigenvalue weighted by molar-refractivity contribution is 7.99. The molecule has 0 radical (unpaired) electrons. The monoisotopic (exact) mass is 252 g/mol. The molecule has 1 rings (SSSR count). The van der Waals surface area contributed by atoms with E-state index >= 15 is 0 Å². The van der Waals surface area contributed by atoms with Crippen LogP contribution in [0.2, 0.25) is 0 Å². The van der Waals surface area contributed by atoms with E-state index in [1.54, 1.807) is 0 Å². The van der Waals surface area contributed by atoms with Crippen molar-refractivity contribution in [2.75, 3.05) is 16.8 Å². The highest BCUT2D eigenvalue weighted by atomic mass is 32.2. The summed E-state index contributed by atoms with van der Waals surface area (Å²) in [6.07, 6.45) is 0.766. The van der Waals surface area contributed by atoms with E-state index in [4.69, 9.17) is 5.73 Å². The molecule has 0 saturated carbocycles. The van der Waals surface area contributed by atoms with Crippen LogP contribution in [-0.2, 0) is 4.79 Å². The van der Waals surface area contributed by atoms with Crippen molar-refractivity contribution in [2.45, 2.75) is 26.3 Å². The second-order valence-corrected chi connectivity index (χ2v) is 5.34. The second kappa shape index (κ2) is 7.22. The molecule has 0 aliphatic heterocycles. The normalized spacial score (nSPS) is 12.1. The summed E-state index contributed by atoms with van der Waals surface area (Å²) in [7, 11) is 0. The molecule has 1 unspecified atom stereocenters. The Hall–Kier alpha value is -1.16. The molecule has 3 nitrogen and oxygen atoms in total. The Morgan fingerprint density at radius 3 is 2.59 bits per heavy atom. The molecule has 1 aromatic carbocycles. The number of anilines is 1. The van der Waals surface area contributed by atoms with Gasteiger partial charge in [-0.3, -0.25) is 4.79 Å². The Morgan fingerprint density at radius 2 is 2.06 bits per heavy atom. The van der Waals surface area contributed by atoms with E-state index in [-0.39, 0.29) is 11.9 Å². The van der Waals surface area contributed by atoms with E-state index in [1.807, 2.05) is 43.0 Å². The molecule has 0 fully saturated rings. The number of carbonyl (C=O) groups excluding carboxylic acids is 1. The van der Waals surface area contributed by atoms with Crippen LogP contribution in [0.15, 0.2) is 24.3 Å². The maximum absolute atomic E-state index is 11.3. The summed E-state index contributed by atoms with van der Waals surface area (Å²) in [5, 5.41) is 3.18. The molecule has 1 amide bonds. The molecular weight excluding hydrogens is 232 g/mol. The number of hydrogen-bond acceptors (Lipinski definition) is 3. The van der Waals surface area contributed by atoms with Crippen LogP contribution in [0.1, 0.15) is 18.9 Å². The van der Waals surface area contributed by atoms with E-state index in [2.05, 4.69) is 12.2 Å². The predicted octanol–water partition coefficient (Wildman–Crippen LogP) is 2.40. The van der Waals surface area contributed by atoms with Gasteiger partial charge in [0.25, 0.3) is 0 Å². The van der Waals surface area contributed by atoms with Gasteiger partial charge in [0.1, 0.15) is 6.04 Å². The summed E-state index contributed by atoms with van der Waals surface area (Å²) in [5.74, 6) is 1.72. The molecule has 0 heterocycles. The quantitative estimate of drug-likeness (QED) is 0.733.